The molecule has 0 saturated heterocycles. The van der Waals surface area contributed by atoms with E-state index >= 15 is 0 Å². The van der Waals surface area contributed by atoms with Gasteiger partial charge in [0.25, 0.3) is 0 Å². The first kappa shape index (κ1) is 17.1. The van der Waals surface area contributed by atoms with E-state index in [1.807, 2.05) is 13.2 Å². The fraction of sp³-hybridized carbons (Fsp3) is 0.818. The van der Waals surface area contributed by atoms with Crippen molar-refractivity contribution in [3.8, 4) is 0 Å². The number of urea groups is 1. The van der Waals surface area contributed by atoms with Crippen molar-refractivity contribution in [3.63, 3.8) is 0 Å². The number of rotatable bonds is 9. The highest BCUT2D eigenvalue weighted by molar-refractivity contribution is 7.98. The van der Waals surface area contributed by atoms with Gasteiger partial charge in [-0.15, -0.1) is 0 Å². The van der Waals surface area contributed by atoms with Crippen LogP contribution in [0.15, 0.2) is 0 Å². The molecule has 0 aromatic carbocycles. The minimum atomic E-state index is -1.01. The first-order valence-corrected chi connectivity index (χ1v) is 7.22. The molecule has 0 aromatic rings. The lowest BCUT2D eigenvalue weighted by molar-refractivity contribution is -0.139. The van der Waals surface area contributed by atoms with Gasteiger partial charge >= 0.3 is 12.0 Å². The third-order valence-corrected chi connectivity index (χ3v) is 3.05. The zero-order chi connectivity index (χ0) is 14.0. The molecule has 0 heterocycles. The molecule has 18 heavy (non-hydrogen) atoms. The van der Waals surface area contributed by atoms with Crippen LogP contribution in [0.2, 0.25) is 0 Å². The Morgan fingerprint density at radius 2 is 2.06 bits per heavy atom. The summed E-state index contributed by atoms with van der Waals surface area (Å²) in [6, 6.07) is -1.42. The topological polar surface area (TPSA) is 87.7 Å². The van der Waals surface area contributed by atoms with E-state index in [4.69, 9.17) is 9.84 Å². The second-order valence-corrected chi connectivity index (χ2v) is 4.84. The molecule has 3 N–H and O–H groups in total. The van der Waals surface area contributed by atoms with Crippen molar-refractivity contribution < 1.29 is 19.4 Å². The number of thioether (sulfide) groups is 1. The summed E-state index contributed by atoms with van der Waals surface area (Å²) in [5.74, 6) is -0.328. The van der Waals surface area contributed by atoms with Crippen molar-refractivity contribution in [2.45, 2.75) is 31.8 Å². The molecule has 0 saturated carbocycles. The fourth-order valence-electron chi connectivity index (χ4n) is 1.34. The van der Waals surface area contributed by atoms with E-state index in [0.29, 0.717) is 18.8 Å². The Bertz CT molecular complexity index is 263. The van der Waals surface area contributed by atoms with E-state index in [2.05, 4.69) is 10.6 Å². The number of carbonyl (C=O) groups is 2. The van der Waals surface area contributed by atoms with E-state index in [-0.39, 0.29) is 6.04 Å². The van der Waals surface area contributed by atoms with E-state index in [0.717, 1.165) is 6.42 Å². The van der Waals surface area contributed by atoms with Crippen LogP contribution in [-0.2, 0) is 9.53 Å². The van der Waals surface area contributed by atoms with E-state index in [9.17, 15) is 9.59 Å². The number of hydrogen-bond donors (Lipinski definition) is 3. The minimum Gasteiger partial charge on any atom is -0.480 e. The zero-order valence-electron chi connectivity index (χ0n) is 11.1. The summed E-state index contributed by atoms with van der Waals surface area (Å²) in [6.45, 7) is 2.33. The van der Waals surface area contributed by atoms with Crippen LogP contribution in [0.3, 0.4) is 0 Å². The molecule has 0 bridgehead atoms. The lowest BCUT2D eigenvalue weighted by Gasteiger charge is -2.19. The van der Waals surface area contributed by atoms with Gasteiger partial charge in [-0.2, -0.15) is 11.8 Å². The number of nitrogens with one attached hydrogen (secondary N) is 2. The molecule has 2 atom stereocenters. The van der Waals surface area contributed by atoms with Crippen molar-refractivity contribution >= 4 is 23.8 Å². The van der Waals surface area contributed by atoms with Crippen molar-refractivity contribution in [1.29, 1.82) is 0 Å². The van der Waals surface area contributed by atoms with Crippen LogP contribution in [0, 0.1) is 0 Å². The first-order chi connectivity index (χ1) is 8.54. The number of methoxy groups -OCH3 is 1. The lowest BCUT2D eigenvalue weighted by atomic mass is 10.2. The number of aliphatic carboxylic acids is 1. The molecule has 0 fully saturated rings. The van der Waals surface area contributed by atoms with Gasteiger partial charge in [0.05, 0.1) is 12.6 Å². The number of hydrogen-bond acceptors (Lipinski definition) is 4. The number of carbonyl (C=O) groups excluding carboxylic acids is 1. The molecule has 0 radical (unpaired) electrons. The molecule has 7 heteroatoms. The normalized spacial score (nSPS) is 13.7. The fourth-order valence-corrected chi connectivity index (χ4v) is 1.81. The summed E-state index contributed by atoms with van der Waals surface area (Å²) in [4.78, 5) is 22.6. The molecular formula is C11H22N2O4S. The molecule has 6 nitrogen and oxygen atoms in total. The van der Waals surface area contributed by atoms with Crippen LogP contribution in [0.25, 0.3) is 0 Å². The highest BCUT2D eigenvalue weighted by Crippen LogP contribution is 2.01. The van der Waals surface area contributed by atoms with Crippen molar-refractivity contribution in [2.75, 3.05) is 25.7 Å². The largest absolute Gasteiger partial charge is 0.480 e. The van der Waals surface area contributed by atoms with Gasteiger partial charge in [-0.25, -0.2) is 9.59 Å². The second-order valence-electron chi connectivity index (χ2n) is 3.85. The van der Waals surface area contributed by atoms with Gasteiger partial charge in [-0.1, -0.05) is 6.92 Å². The molecule has 0 rings (SSSR count). The van der Waals surface area contributed by atoms with Crippen LogP contribution in [0.4, 0.5) is 4.79 Å². The van der Waals surface area contributed by atoms with Crippen molar-refractivity contribution in [2.24, 2.45) is 0 Å². The van der Waals surface area contributed by atoms with Gasteiger partial charge in [0.2, 0.25) is 0 Å². The van der Waals surface area contributed by atoms with E-state index < -0.39 is 18.0 Å². The number of amides is 2. The van der Waals surface area contributed by atoms with Gasteiger partial charge in [0.15, 0.2) is 0 Å². The molecule has 2 unspecified atom stereocenters. The SMILES string of the molecule is CCC(COC)NC(=O)NC(CCSC)C(=O)O. The van der Waals surface area contributed by atoms with Crippen LogP contribution < -0.4 is 10.6 Å². The summed E-state index contributed by atoms with van der Waals surface area (Å²) < 4.78 is 4.95. The monoisotopic (exact) mass is 278 g/mol. The average Bonchev–Trinajstić information content (AvgIpc) is 2.33. The Kier molecular flexibility index (Phi) is 9.49. The van der Waals surface area contributed by atoms with Crippen LogP contribution in [-0.4, -0.2) is 54.9 Å². The Hall–Kier alpha value is -0.950. The molecule has 2 amide bonds. The minimum absolute atomic E-state index is 0.106. The van der Waals surface area contributed by atoms with Crippen LogP contribution >= 0.6 is 11.8 Å². The van der Waals surface area contributed by atoms with Gasteiger partial charge in [0.1, 0.15) is 6.04 Å². The van der Waals surface area contributed by atoms with Crippen molar-refractivity contribution in [1.82, 2.24) is 10.6 Å². The first-order valence-electron chi connectivity index (χ1n) is 5.82. The summed E-state index contributed by atoms with van der Waals surface area (Å²) in [5, 5.41) is 14.1. The summed E-state index contributed by atoms with van der Waals surface area (Å²) in [6.07, 6.45) is 3.03. The van der Waals surface area contributed by atoms with E-state index in [1.54, 1.807) is 18.9 Å². The van der Waals surface area contributed by atoms with E-state index in [1.165, 1.54) is 0 Å². The highest BCUT2D eigenvalue weighted by atomic mass is 32.2. The molecule has 0 aliphatic heterocycles. The quantitative estimate of drug-likeness (QED) is 0.583. The summed E-state index contributed by atoms with van der Waals surface area (Å²) >= 11 is 1.55. The smallest absolute Gasteiger partial charge is 0.326 e. The molecule has 0 aliphatic carbocycles. The lowest BCUT2D eigenvalue weighted by Crippen LogP contribution is -2.50. The highest BCUT2D eigenvalue weighted by Gasteiger charge is 2.20. The number of ether oxygens (including phenoxy) is 1. The predicted molar refractivity (Wildman–Crippen MR) is 72.0 cm³/mol. The van der Waals surface area contributed by atoms with Gasteiger partial charge in [0, 0.05) is 7.11 Å². The molecule has 0 spiro atoms. The standard InChI is InChI=1S/C11H22N2O4S/c1-4-8(7-17-2)12-11(16)13-9(10(14)15)5-6-18-3/h8-9H,4-7H2,1-3H3,(H,14,15)(H2,12,13,16). The van der Waals surface area contributed by atoms with Gasteiger partial charge in [-0.05, 0) is 24.9 Å². The maximum atomic E-state index is 11.6. The average molecular weight is 278 g/mol. The second kappa shape index (κ2) is 10.0. The Morgan fingerprint density at radius 3 is 2.50 bits per heavy atom. The Labute approximate surface area is 112 Å². The Balaban J connectivity index is 4.19. The number of carboxylic acids is 1. The maximum absolute atomic E-state index is 11.6. The Morgan fingerprint density at radius 1 is 1.39 bits per heavy atom. The van der Waals surface area contributed by atoms with Gasteiger partial charge < -0.3 is 20.5 Å². The van der Waals surface area contributed by atoms with Crippen molar-refractivity contribution in [3.05, 3.63) is 0 Å². The molecule has 106 valence electrons. The number of carboxylic acid groups (broad SMARTS) is 1. The van der Waals surface area contributed by atoms with Gasteiger partial charge in [-0.3, -0.25) is 0 Å². The molecule has 0 aromatic heterocycles. The third-order valence-electron chi connectivity index (χ3n) is 2.41. The molecule has 0 aliphatic rings. The zero-order valence-corrected chi connectivity index (χ0v) is 11.9. The summed E-state index contributed by atoms with van der Waals surface area (Å²) in [7, 11) is 1.56. The molecular weight excluding hydrogens is 256 g/mol. The summed E-state index contributed by atoms with van der Waals surface area (Å²) in [5.41, 5.74) is 0. The predicted octanol–water partition coefficient (Wildman–Crippen LogP) is 0.917. The third kappa shape index (κ3) is 7.39. The maximum Gasteiger partial charge on any atom is 0.326 e. The van der Waals surface area contributed by atoms with Crippen LogP contribution in [0.5, 0.6) is 0 Å². The van der Waals surface area contributed by atoms with Crippen LogP contribution in [0.1, 0.15) is 19.8 Å².